The first kappa shape index (κ1) is 28.1. The lowest BCUT2D eigenvalue weighted by atomic mass is 9.85. The summed E-state index contributed by atoms with van der Waals surface area (Å²) in [4.78, 5) is 17.7. The molecule has 0 heterocycles. The van der Waals surface area contributed by atoms with Crippen LogP contribution in [0.15, 0.2) is 4.99 Å². The lowest BCUT2D eigenvalue weighted by Crippen LogP contribution is -2.47. The molecule has 0 radical (unpaired) electrons. The van der Waals surface area contributed by atoms with E-state index < -0.39 is 17.7 Å². The number of hydrogen-bond acceptors (Lipinski definition) is 3. The van der Waals surface area contributed by atoms with Crippen LogP contribution in [0.4, 0.5) is 18.0 Å². The molecule has 3 unspecified atom stereocenters. The molecule has 1 amide bonds. The summed E-state index contributed by atoms with van der Waals surface area (Å²) in [5, 5.41) is 6.22. The van der Waals surface area contributed by atoms with Gasteiger partial charge in [0.1, 0.15) is 5.60 Å². The monoisotopic (exact) mass is 536 g/mol. The molecule has 0 aromatic heterocycles. The first-order chi connectivity index (χ1) is 12.8. The second kappa shape index (κ2) is 12.0. The molecule has 2 N–H and O–H groups in total. The van der Waals surface area contributed by atoms with E-state index in [1.165, 1.54) is 4.90 Å². The van der Waals surface area contributed by atoms with Crippen molar-refractivity contribution in [3.05, 3.63) is 0 Å². The highest BCUT2D eigenvalue weighted by Crippen LogP contribution is 2.37. The highest BCUT2D eigenvalue weighted by atomic mass is 127. The van der Waals surface area contributed by atoms with Gasteiger partial charge in [-0.25, -0.2) is 4.79 Å². The molecule has 0 saturated heterocycles. The number of guanidine groups is 1. The zero-order valence-corrected chi connectivity index (χ0v) is 20.6. The summed E-state index contributed by atoms with van der Waals surface area (Å²) in [6.45, 7) is 7.89. The molecule has 6 nitrogen and oxygen atoms in total. The summed E-state index contributed by atoms with van der Waals surface area (Å²) in [6.07, 6.45) is -2.36. The van der Waals surface area contributed by atoms with Crippen molar-refractivity contribution in [2.24, 2.45) is 10.9 Å². The van der Waals surface area contributed by atoms with E-state index in [0.717, 1.165) is 0 Å². The molecule has 3 atom stereocenters. The molecule has 1 aliphatic rings. The minimum absolute atomic E-state index is 0. The maximum Gasteiger partial charge on any atom is 0.410 e. The normalized spacial score (nSPS) is 21.6. The summed E-state index contributed by atoms with van der Waals surface area (Å²) in [5.74, 6) is -0.765. The molecule has 0 aromatic carbocycles. The van der Waals surface area contributed by atoms with Gasteiger partial charge in [-0.05, 0) is 53.4 Å². The third kappa shape index (κ3) is 10.6. The number of amides is 1. The number of hydrogen-bond donors (Lipinski definition) is 2. The summed E-state index contributed by atoms with van der Waals surface area (Å²) >= 11 is 0. The minimum Gasteiger partial charge on any atom is -0.444 e. The van der Waals surface area contributed by atoms with E-state index in [-0.39, 0.29) is 55.0 Å². The fourth-order valence-electron chi connectivity index (χ4n) is 3.11. The van der Waals surface area contributed by atoms with Gasteiger partial charge < -0.3 is 20.3 Å². The number of nitrogens with zero attached hydrogens (tertiary/aromatic N) is 2. The molecule has 0 aliphatic heterocycles. The van der Waals surface area contributed by atoms with Crippen molar-refractivity contribution >= 4 is 36.0 Å². The Morgan fingerprint density at radius 3 is 2.41 bits per heavy atom. The largest absolute Gasteiger partial charge is 0.444 e. The quantitative estimate of drug-likeness (QED) is 0.308. The number of rotatable bonds is 5. The van der Waals surface area contributed by atoms with E-state index in [9.17, 15) is 18.0 Å². The molecule has 0 bridgehead atoms. The van der Waals surface area contributed by atoms with Gasteiger partial charge in [0, 0.05) is 32.7 Å². The van der Waals surface area contributed by atoms with Crippen LogP contribution in [0, 0.1) is 5.92 Å². The first-order valence-corrected chi connectivity index (χ1v) is 9.83. The fourth-order valence-corrected chi connectivity index (χ4v) is 3.11. The molecule has 1 fully saturated rings. The van der Waals surface area contributed by atoms with Gasteiger partial charge in [0.25, 0.3) is 0 Å². The number of carbonyl (C=O) groups excluding carboxylic acids is 1. The third-order valence-corrected chi connectivity index (χ3v) is 4.90. The molecule has 0 aromatic rings. The molecule has 1 rings (SSSR count). The summed E-state index contributed by atoms with van der Waals surface area (Å²) in [7, 11) is 3.28. The molecule has 10 heteroatoms. The molecule has 1 saturated carbocycles. The van der Waals surface area contributed by atoms with Gasteiger partial charge >= 0.3 is 12.3 Å². The van der Waals surface area contributed by atoms with Crippen LogP contribution in [0.3, 0.4) is 0 Å². The standard InChI is InChI=1S/C19H35F3N4O2.HI/c1-13(26(6)17(27)28-18(2,3)4)10-11-24-16(23-5)25-15-9-7-8-14(12-15)19(20,21)22;/h13-15H,7-12H2,1-6H3,(H2,23,24,25);1H. The van der Waals surface area contributed by atoms with Crippen molar-refractivity contribution in [2.75, 3.05) is 20.6 Å². The first-order valence-electron chi connectivity index (χ1n) is 9.83. The number of nitrogens with one attached hydrogen (secondary N) is 2. The van der Waals surface area contributed by atoms with Crippen LogP contribution in [0.1, 0.15) is 59.8 Å². The van der Waals surface area contributed by atoms with Crippen LogP contribution in [0.25, 0.3) is 0 Å². The predicted molar refractivity (Wildman–Crippen MR) is 120 cm³/mol. The Morgan fingerprint density at radius 1 is 1.28 bits per heavy atom. The summed E-state index contributed by atoms with van der Waals surface area (Å²) < 4.78 is 44.2. The lowest BCUT2D eigenvalue weighted by molar-refractivity contribution is -0.183. The zero-order valence-electron chi connectivity index (χ0n) is 18.2. The highest BCUT2D eigenvalue weighted by molar-refractivity contribution is 14.0. The van der Waals surface area contributed by atoms with Gasteiger partial charge in [-0.3, -0.25) is 4.99 Å². The number of carbonyl (C=O) groups is 1. The third-order valence-electron chi connectivity index (χ3n) is 4.90. The molecular weight excluding hydrogens is 500 g/mol. The average molecular weight is 536 g/mol. The van der Waals surface area contributed by atoms with E-state index in [0.29, 0.717) is 31.8 Å². The van der Waals surface area contributed by atoms with Crippen LogP contribution in [0.5, 0.6) is 0 Å². The smallest absolute Gasteiger partial charge is 0.410 e. The van der Waals surface area contributed by atoms with Gasteiger partial charge in [0.2, 0.25) is 0 Å². The number of halogens is 4. The molecule has 1 aliphatic carbocycles. The Labute approximate surface area is 189 Å². The van der Waals surface area contributed by atoms with Crippen molar-refractivity contribution in [1.82, 2.24) is 15.5 Å². The SMILES string of the molecule is CN=C(NCCC(C)N(C)C(=O)OC(C)(C)C)NC1CCCC(C(F)(F)F)C1.I. The van der Waals surface area contributed by atoms with Crippen molar-refractivity contribution in [2.45, 2.75) is 83.7 Å². The van der Waals surface area contributed by atoms with E-state index in [1.54, 1.807) is 14.1 Å². The molecular formula is C19H36F3IN4O2. The van der Waals surface area contributed by atoms with Crippen molar-refractivity contribution in [3.8, 4) is 0 Å². The second-order valence-corrected chi connectivity index (χ2v) is 8.47. The number of ether oxygens (including phenoxy) is 1. The average Bonchev–Trinajstić information content (AvgIpc) is 2.58. The van der Waals surface area contributed by atoms with Crippen molar-refractivity contribution < 1.29 is 22.7 Å². The fraction of sp³-hybridized carbons (Fsp3) is 0.895. The zero-order chi connectivity index (χ0) is 21.5. The van der Waals surface area contributed by atoms with Crippen LogP contribution < -0.4 is 10.6 Å². The van der Waals surface area contributed by atoms with Crippen molar-refractivity contribution in [1.29, 1.82) is 0 Å². The number of alkyl halides is 3. The molecule has 29 heavy (non-hydrogen) atoms. The topological polar surface area (TPSA) is 66.0 Å². The molecule has 172 valence electrons. The van der Waals surface area contributed by atoms with E-state index in [1.807, 2.05) is 27.7 Å². The van der Waals surface area contributed by atoms with Gasteiger partial charge in [0.05, 0.1) is 5.92 Å². The van der Waals surface area contributed by atoms with Crippen LogP contribution in [0.2, 0.25) is 0 Å². The Bertz CT molecular complexity index is 539. The van der Waals surface area contributed by atoms with Crippen LogP contribution in [-0.2, 0) is 4.74 Å². The maximum atomic E-state index is 13.0. The summed E-state index contributed by atoms with van der Waals surface area (Å²) in [5.41, 5.74) is -0.552. The van der Waals surface area contributed by atoms with Crippen molar-refractivity contribution in [3.63, 3.8) is 0 Å². The lowest BCUT2D eigenvalue weighted by Gasteiger charge is -2.32. The van der Waals surface area contributed by atoms with Crippen LogP contribution in [-0.4, -0.2) is 61.5 Å². The molecule has 0 spiro atoms. The minimum atomic E-state index is -4.14. The number of aliphatic imine (C=N–C) groups is 1. The van der Waals surface area contributed by atoms with Gasteiger partial charge in [0.15, 0.2) is 5.96 Å². The Kier molecular flexibility index (Phi) is 11.7. The van der Waals surface area contributed by atoms with Gasteiger partial charge in [-0.2, -0.15) is 13.2 Å². The van der Waals surface area contributed by atoms with E-state index in [2.05, 4.69) is 15.6 Å². The van der Waals surface area contributed by atoms with Gasteiger partial charge in [-0.1, -0.05) is 6.42 Å². The summed E-state index contributed by atoms with van der Waals surface area (Å²) in [6, 6.07) is -0.307. The van der Waals surface area contributed by atoms with Gasteiger partial charge in [-0.15, -0.1) is 24.0 Å². The van der Waals surface area contributed by atoms with E-state index in [4.69, 9.17) is 4.74 Å². The maximum absolute atomic E-state index is 13.0. The Balaban J connectivity index is 0.00000784. The highest BCUT2D eigenvalue weighted by Gasteiger charge is 2.42. The van der Waals surface area contributed by atoms with Crippen LogP contribution >= 0.6 is 24.0 Å². The Hall–Kier alpha value is -0.940. The second-order valence-electron chi connectivity index (χ2n) is 8.47. The predicted octanol–water partition coefficient (Wildman–Crippen LogP) is 4.54. The Morgan fingerprint density at radius 2 is 1.90 bits per heavy atom. The van der Waals surface area contributed by atoms with E-state index >= 15 is 0 Å².